The molecule has 0 unspecified atom stereocenters. The molecule has 0 aliphatic heterocycles. The van der Waals surface area contributed by atoms with Gasteiger partial charge in [0.2, 0.25) is 0 Å². The van der Waals surface area contributed by atoms with E-state index in [2.05, 4.69) is 298 Å². The molecule has 6 nitrogen and oxygen atoms in total. The molecule has 0 amide bonds. The number of hydrogen-bond donors (Lipinski definition) is 0. The van der Waals surface area contributed by atoms with E-state index in [9.17, 15) is 0 Å². The molecule has 0 aliphatic rings. The van der Waals surface area contributed by atoms with Crippen LogP contribution in [-0.4, -0.2) is 8.80 Å². The number of furan rings is 2. The number of anilines is 6. The van der Waals surface area contributed by atoms with Gasteiger partial charge in [0, 0.05) is 65.8 Å². The summed E-state index contributed by atoms with van der Waals surface area (Å²) in [5.41, 5.74) is 21.4. The summed E-state index contributed by atoms with van der Waals surface area (Å²) < 4.78 is 18.4. The van der Waals surface area contributed by atoms with Crippen molar-refractivity contribution in [2.45, 2.75) is 0 Å². The van der Waals surface area contributed by atoms with Crippen LogP contribution in [0.4, 0.5) is 34.1 Å². The lowest BCUT2D eigenvalue weighted by Crippen LogP contribution is -2.10. The topological polar surface area (TPSA) is 41.6 Å². The van der Waals surface area contributed by atoms with Crippen LogP contribution >= 0.6 is 0 Å². The summed E-state index contributed by atoms with van der Waals surface area (Å²) in [5, 5.41) is 14.3. The summed E-state index contributed by atoms with van der Waals surface area (Å²) >= 11 is 0. The average molecular weight is 1100 g/mol. The van der Waals surface area contributed by atoms with Crippen molar-refractivity contribution in [3.63, 3.8) is 0 Å². The van der Waals surface area contributed by atoms with Gasteiger partial charge in [0.25, 0.3) is 0 Å². The maximum absolute atomic E-state index is 6.65. The van der Waals surface area contributed by atoms with Crippen LogP contribution in [0.3, 0.4) is 0 Å². The molecule has 0 aliphatic carbocycles. The van der Waals surface area contributed by atoms with E-state index in [0.29, 0.717) is 0 Å². The average Bonchev–Trinajstić information content (AvgIpc) is 1.57. The third kappa shape index (κ3) is 6.60. The quantitative estimate of drug-likeness (QED) is 0.142. The summed E-state index contributed by atoms with van der Waals surface area (Å²) in [5.74, 6) is 0. The monoisotopic (exact) mass is 1100 g/mol. The van der Waals surface area contributed by atoms with E-state index in [1.165, 1.54) is 87.3 Å². The number of fused-ring (bicyclic) bond motifs is 18. The number of hydrogen-bond acceptors (Lipinski definition) is 4. The zero-order valence-electron chi connectivity index (χ0n) is 46.3. The van der Waals surface area contributed by atoms with Crippen LogP contribution in [0.15, 0.2) is 300 Å². The molecule has 0 atom stereocenters. The molecule has 6 heteroatoms. The number of rotatable bonds is 8. The van der Waals surface area contributed by atoms with Crippen molar-refractivity contribution >= 4 is 154 Å². The van der Waals surface area contributed by atoms with Gasteiger partial charge in [0.1, 0.15) is 11.2 Å². The van der Waals surface area contributed by atoms with Gasteiger partial charge in [-0.3, -0.25) is 0 Å². The lowest BCUT2D eigenvalue weighted by molar-refractivity contribution is 0.668. The molecule has 0 fully saturated rings. The van der Waals surface area contributed by atoms with Crippen LogP contribution in [0.1, 0.15) is 0 Å². The van der Waals surface area contributed by atoms with Gasteiger partial charge in [-0.15, -0.1) is 0 Å². The third-order valence-corrected chi connectivity index (χ3v) is 18.2. The fourth-order valence-electron chi connectivity index (χ4n) is 14.6. The zero-order chi connectivity index (χ0) is 56.1. The highest BCUT2D eigenvalue weighted by molar-refractivity contribution is 6.31. The second-order valence-electron chi connectivity index (χ2n) is 22.7. The normalized spacial score (nSPS) is 12.2. The fourth-order valence-corrected chi connectivity index (χ4v) is 14.6. The largest absolute Gasteiger partial charge is 0.454 e. The standard InChI is InChI=1S/C80H48N4O2/c1-3-19-51(20-4-1)81(69-35-15-29-61-57-25-11-13-37-73(57)85-79(61)69)53-43-39-49(40-44-53)65-47-71-75(59-27-9-7-23-55(59)65)63-31-17-34-68-77(63)83(71)67-33-18-32-64-76-60-28-10-8-24-56(60)66(48-72(76)84(68)78(64)67)50-41-45-54(46-42-50)82(52-21-5-2-6-22-52)70-36-16-30-62-58-26-12-14-38-74(58)86-80(62)70/h1-48H. The molecule has 86 heavy (non-hydrogen) atoms. The minimum Gasteiger partial charge on any atom is -0.454 e. The molecule has 5 heterocycles. The smallest absolute Gasteiger partial charge is 0.159 e. The summed E-state index contributed by atoms with van der Waals surface area (Å²) in [7, 11) is 0. The van der Waals surface area contributed by atoms with E-state index in [1.54, 1.807) is 0 Å². The Bertz CT molecular complexity index is 5580. The molecule has 0 spiro atoms. The SMILES string of the molecule is c1ccc(N(c2ccc(-c3cc4c(c5ccccc35)c3cccc5c3n4c3cccc4c6c7ccccc7c(-c7ccc(N(c8ccccc8)c8cccc9c8oc8ccccc89)cc7)cc6n5c43)cc2)c2cccc3c2oc2ccccc23)cc1. The van der Waals surface area contributed by atoms with Crippen molar-refractivity contribution in [1.82, 2.24) is 8.80 Å². The predicted molar refractivity (Wildman–Crippen MR) is 359 cm³/mol. The molecule has 400 valence electrons. The highest BCUT2D eigenvalue weighted by Gasteiger charge is 2.27. The first-order chi connectivity index (χ1) is 42.7. The maximum atomic E-state index is 6.65. The van der Waals surface area contributed by atoms with Crippen molar-refractivity contribution < 1.29 is 8.83 Å². The van der Waals surface area contributed by atoms with Crippen LogP contribution in [0, 0.1) is 0 Å². The van der Waals surface area contributed by atoms with E-state index in [1.807, 2.05) is 12.1 Å². The molecule has 19 rings (SSSR count). The molecule has 0 bridgehead atoms. The molecule has 0 saturated carbocycles. The van der Waals surface area contributed by atoms with Crippen LogP contribution < -0.4 is 9.80 Å². The number of para-hydroxylation sites is 8. The van der Waals surface area contributed by atoms with Gasteiger partial charge in [-0.1, -0.05) is 194 Å². The highest BCUT2D eigenvalue weighted by atomic mass is 16.3. The minimum atomic E-state index is 0.862. The third-order valence-electron chi connectivity index (χ3n) is 18.2. The summed E-state index contributed by atoms with van der Waals surface area (Å²) in [4.78, 5) is 4.63. The molecule has 14 aromatic carbocycles. The van der Waals surface area contributed by atoms with E-state index in [0.717, 1.165) is 89.1 Å². The van der Waals surface area contributed by atoms with Crippen molar-refractivity contribution in [1.29, 1.82) is 0 Å². The molecule has 0 saturated heterocycles. The molecular formula is C80H48N4O2. The number of benzene rings is 14. The number of nitrogens with zero attached hydrogens (tertiary/aromatic N) is 4. The van der Waals surface area contributed by atoms with Crippen LogP contribution in [-0.2, 0) is 0 Å². The van der Waals surface area contributed by atoms with Gasteiger partial charge < -0.3 is 27.4 Å². The Labute approximate surface area is 492 Å². The summed E-state index contributed by atoms with van der Waals surface area (Å²) in [6.07, 6.45) is 0. The Morgan fingerprint density at radius 2 is 0.581 bits per heavy atom. The van der Waals surface area contributed by atoms with Gasteiger partial charge >= 0.3 is 0 Å². The molecule has 0 N–H and O–H groups in total. The predicted octanol–water partition coefficient (Wildman–Crippen LogP) is 22.6. The maximum Gasteiger partial charge on any atom is 0.159 e. The second-order valence-corrected chi connectivity index (χ2v) is 22.7. The van der Waals surface area contributed by atoms with Crippen molar-refractivity contribution in [2.75, 3.05) is 9.80 Å². The van der Waals surface area contributed by atoms with Gasteiger partial charge in [0.05, 0.1) is 44.5 Å². The van der Waals surface area contributed by atoms with E-state index in [-0.39, 0.29) is 0 Å². The van der Waals surface area contributed by atoms with Crippen LogP contribution in [0.2, 0.25) is 0 Å². The Kier molecular flexibility index (Phi) is 9.80. The van der Waals surface area contributed by atoms with Gasteiger partial charge in [-0.05, 0) is 141 Å². The van der Waals surface area contributed by atoms with Crippen molar-refractivity contribution in [3.05, 3.63) is 291 Å². The lowest BCUT2D eigenvalue weighted by Gasteiger charge is -2.25. The first kappa shape index (κ1) is 46.9. The van der Waals surface area contributed by atoms with Gasteiger partial charge in [-0.25, -0.2) is 0 Å². The molecular weight excluding hydrogens is 1050 g/mol. The van der Waals surface area contributed by atoms with E-state index >= 15 is 0 Å². The minimum absolute atomic E-state index is 0.862. The first-order valence-corrected chi connectivity index (χ1v) is 29.4. The zero-order valence-corrected chi connectivity index (χ0v) is 46.3. The summed E-state index contributed by atoms with van der Waals surface area (Å²) in [6.45, 7) is 0. The Balaban J connectivity index is 0.791. The Morgan fingerprint density at radius 1 is 0.244 bits per heavy atom. The Morgan fingerprint density at radius 3 is 1.01 bits per heavy atom. The highest BCUT2D eigenvalue weighted by Crippen LogP contribution is 2.50. The molecule has 5 aromatic heterocycles. The van der Waals surface area contributed by atoms with Crippen LogP contribution in [0.25, 0.3) is 142 Å². The lowest BCUT2D eigenvalue weighted by atomic mass is 9.94. The van der Waals surface area contributed by atoms with Crippen LogP contribution in [0.5, 0.6) is 0 Å². The second kappa shape index (κ2) is 18.0. The van der Waals surface area contributed by atoms with E-state index < -0.39 is 0 Å². The van der Waals surface area contributed by atoms with Crippen molar-refractivity contribution in [3.8, 4) is 22.3 Å². The van der Waals surface area contributed by atoms with Gasteiger partial charge in [-0.2, -0.15) is 0 Å². The Hall–Kier alpha value is -11.6. The summed E-state index contributed by atoms with van der Waals surface area (Å²) in [6, 6.07) is 106. The van der Waals surface area contributed by atoms with Gasteiger partial charge in [0.15, 0.2) is 11.2 Å². The molecule has 0 radical (unpaired) electrons. The first-order valence-electron chi connectivity index (χ1n) is 29.4. The van der Waals surface area contributed by atoms with Crippen molar-refractivity contribution in [2.24, 2.45) is 0 Å². The fraction of sp³-hybridized carbons (Fsp3) is 0. The molecule has 19 aromatic rings. The number of aromatic nitrogens is 2. The van der Waals surface area contributed by atoms with E-state index in [4.69, 9.17) is 8.83 Å².